The molecule has 2 heteroatoms. The lowest BCUT2D eigenvalue weighted by Crippen LogP contribution is -2.34. The van der Waals surface area contributed by atoms with Crippen LogP contribution in [0.1, 0.15) is 47.0 Å². The standard InChI is InChI=1S/C9H20N2.C4H10/c1-8(2)11-6-5-9(7-11)10(3)4;1-3-4-2/h8-9H,5-7H2,1-4H3;3-4H2,1-2H3. The van der Waals surface area contributed by atoms with Gasteiger partial charge in [0.1, 0.15) is 0 Å². The Kier molecular flexibility index (Phi) is 8.07. The second-order valence-electron chi connectivity index (χ2n) is 4.99. The van der Waals surface area contributed by atoms with Crippen molar-refractivity contribution in [2.45, 2.75) is 59.0 Å². The van der Waals surface area contributed by atoms with Crippen molar-refractivity contribution in [2.75, 3.05) is 27.2 Å². The van der Waals surface area contributed by atoms with Crippen molar-refractivity contribution < 1.29 is 0 Å². The highest BCUT2D eigenvalue weighted by Crippen LogP contribution is 2.15. The lowest BCUT2D eigenvalue weighted by atomic mass is 10.2. The van der Waals surface area contributed by atoms with Gasteiger partial charge < -0.3 is 4.90 Å². The summed E-state index contributed by atoms with van der Waals surface area (Å²) in [7, 11) is 4.35. The number of likely N-dealkylation sites (N-methyl/N-ethyl adjacent to an activating group) is 1. The summed E-state index contributed by atoms with van der Waals surface area (Å²) in [5, 5.41) is 0. The van der Waals surface area contributed by atoms with E-state index in [4.69, 9.17) is 0 Å². The number of likely N-dealkylation sites (tertiary alicyclic amines) is 1. The van der Waals surface area contributed by atoms with Gasteiger partial charge in [0.05, 0.1) is 0 Å². The van der Waals surface area contributed by atoms with Crippen molar-refractivity contribution in [2.24, 2.45) is 0 Å². The molecular formula is C13H30N2. The first kappa shape index (κ1) is 14.9. The molecule has 0 aromatic rings. The Morgan fingerprint density at radius 1 is 1.20 bits per heavy atom. The van der Waals surface area contributed by atoms with Gasteiger partial charge in [-0.2, -0.15) is 0 Å². The van der Waals surface area contributed by atoms with Crippen LogP contribution in [0.5, 0.6) is 0 Å². The van der Waals surface area contributed by atoms with Gasteiger partial charge in [-0.25, -0.2) is 0 Å². The molecule has 0 aromatic heterocycles. The average molecular weight is 214 g/mol. The third-order valence-corrected chi connectivity index (χ3v) is 3.16. The van der Waals surface area contributed by atoms with Crippen LogP contribution in [0.2, 0.25) is 0 Å². The molecule has 1 aliphatic heterocycles. The van der Waals surface area contributed by atoms with Gasteiger partial charge in [-0.1, -0.05) is 26.7 Å². The Labute approximate surface area is 96.6 Å². The molecule has 1 atom stereocenters. The van der Waals surface area contributed by atoms with E-state index >= 15 is 0 Å². The number of rotatable bonds is 3. The second kappa shape index (κ2) is 8.12. The molecule has 1 heterocycles. The minimum Gasteiger partial charge on any atom is -0.305 e. The summed E-state index contributed by atoms with van der Waals surface area (Å²) in [4.78, 5) is 4.88. The van der Waals surface area contributed by atoms with E-state index in [0.717, 1.165) is 12.1 Å². The highest BCUT2D eigenvalue weighted by molar-refractivity contribution is 4.82. The summed E-state index contributed by atoms with van der Waals surface area (Å²) in [6.07, 6.45) is 3.98. The predicted octanol–water partition coefficient (Wildman–Crippen LogP) is 2.84. The molecule has 0 bridgehead atoms. The maximum Gasteiger partial charge on any atom is 0.0229 e. The van der Waals surface area contributed by atoms with E-state index in [1.165, 1.54) is 32.4 Å². The van der Waals surface area contributed by atoms with Gasteiger partial charge in [0.25, 0.3) is 0 Å². The van der Waals surface area contributed by atoms with Crippen LogP contribution in [-0.2, 0) is 0 Å². The van der Waals surface area contributed by atoms with Crippen LogP contribution in [-0.4, -0.2) is 49.1 Å². The molecule has 0 aromatic carbocycles. The Hall–Kier alpha value is -0.0800. The molecule has 0 aliphatic carbocycles. The number of hydrogen-bond acceptors (Lipinski definition) is 2. The summed E-state index contributed by atoms with van der Waals surface area (Å²) in [5.74, 6) is 0. The zero-order valence-corrected chi connectivity index (χ0v) is 11.6. The normalized spacial score (nSPS) is 22.0. The van der Waals surface area contributed by atoms with Gasteiger partial charge in [0, 0.05) is 25.2 Å². The van der Waals surface area contributed by atoms with Crippen LogP contribution in [0.3, 0.4) is 0 Å². The van der Waals surface area contributed by atoms with Crippen LogP contribution in [0.4, 0.5) is 0 Å². The van der Waals surface area contributed by atoms with Crippen molar-refractivity contribution in [1.82, 2.24) is 9.80 Å². The van der Waals surface area contributed by atoms with E-state index in [1.807, 2.05) is 0 Å². The first-order valence-corrected chi connectivity index (χ1v) is 6.43. The average Bonchev–Trinajstić information content (AvgIpc) is 2.67. The molecule has 0 radical (unpaired) electrons. The molecule has 1 aliphatic rings. The summed E-state index contributed by atoms with van der Waals surface area (Å²) < 4.78 is 0. The molecule has 1 fully saturated rings. The monoisotopic (exact) mass is 214 g/mol. The molecule has 0 saturated carbocycles. The maximum atomic E-state index is 2.55. The van der Waals surface area contributed by atoms with Gasteiger partial charge in [0.15, 0.2) is 0 Å². The minimum absolute atomic E-state index is 0.722. The molecule has 1 rings (SSSR count). The summed E-state index contributed by atoms with van der Waals surface area (Å²) >= 11 is 0. The van der Waals surface area contributed by atoms with E-state index < -0.39 is 0 Å². The number of hydrogen-bond donors (Lipinski definition) is 0. The first-order chi connectivity index (χ1) is 7.02. The molecule has 1 unspecified atom stereocenters. The summed E-state index contributed by atoms with van der Waals surface area (Å²) in [6, 6.07) is 1.51. The second-order valence-corrected chi connectivity index (χ2v) is 4.99. The molecule has 1 saturated heterocycles. The van der Waals surface area contributed by atoms with Crippen LogP contribution in [0, 0.1) is 0 Å². The Balaban J connectivity index is 0.000000423. The van der Waals surface area contributed by atoms with E-state index in [-0.39, 0.29) is 0 Å². The molecule has 0 N–H and O–H groups in total. The highest BCUT2D eigenvalue weighted by Gasteiger charge is 2.24. The Morgan fingerprint density at radius 2 is 1.73 bits per heavy atom. The zero-order valence-electron chi connectivity index (χ0n) is 11.6. The van der Waals surface area contributed by atoms with Gasteiger partial charge in [-0.15, -0.1) is 0 Å². The van der Waals surface area contributed by atoms with Gasteiger partial charge >= 0.3 is 0 Å². The predicted molar refractivity (Wildman–Crippen MR) is 69.4 cm³/mol. The van der Waals surface area contributed by atoms with E-state index in [9.17, 15) is 0 Å². The van der Waals surface area contributed by atoms with E-state index in [2.05, 4.69) is 51.6 Å². The summed E-state index contributed by atoms with van der Waals surface area (Å²) in [6.45, 7) is 11.4. The molecule has 15 heavy (non-hydrogen) atoms. The van der Waals surface area contributed by atoms with E-state index in [0.29, 0.717) is 0 Å². The quantitative estimate of drug-likeness (QED) is 0.713. The molecule has 0 spiro atoms. The van der Waals surface area contributed by atoms with Crippen molar-refractivity contribution in [3.05, 3.63) is 0 Å². The fourth-order valence-electron chi connectivity index (χ4n) is 1.66. The lowest BCUT2D eigenvalue weighted by molar-refractivity contribution is 0.237. The van der Waals surface area contributed by atoms with Gasteiger partial charge in [-0.3, -0.25) is 4.90 Å². The topological polar surface area (TPSA) is 6.48 Å². The van der Waals surface area contributed by atoms with Crippen molar-refractivity contribution in [3.63, 3.8) is 0 Å². The first-order valence-electron chi connectivity index (χ1n) is 6.43. The third kappa shape index (κ3) is 6.16. The van der Waals surface area contributed by atoms with Crippen molar-refractivity contribution in [3.8, 4) is 0 Å². The maximum absolute atomic E-state index is 2.55. The number of unbranched alkanes of at least 4 members (excludes halogenated alkanes) is 1. The van der Waals surface area contributed by atoms with Gasteiger partial charge in [-0.05, 0) is 34.4 Å². The minimum atomic E-state index is 0.722. The van der Waals surface area contributed by atoms with Crippen LogP contribution < -0.4 is 0 Å². The van der Waals surface area contributed by atoms with Crippen LogP contribution in [0.25, 0.3) is 0 Å². The largest absolute Gasteiger partial charge is 0.305 e. The molecule has 92 valence electrons. The highest BCUT2D eigenvalue weighted by atomic mass is 15.2. The summed E-state index contributed by atoms with van der Waals surface area (Å²) in [5.41, 5.74) is 0. The van der Waals surface area contributed by atoms with Crippen LogP contribution >= 0.6 is 0 Å². The SMILES string of the molecule is CC(C)N1CCC(N(C)C)C1.CCCC. The molecule has 2 nitrogen and oxygen atoms in total. The van der Waals surface area contributed by atoms with Crippen molar-refractivity contribution in [1.29, 1.82) is 0 Å². The molecular weight excluding hydrogens is 184 g/mol. The lowest BCUT2D eigenvalue weighted by Gasteiger charge is -2.22. The Morgan fingerprint density at radius 3 is 1.93 bits per heavy atom. The number of nitrogens with zero attached hydrogens (tertiary/aromatic N) is 2. The van der Waals surface area contributed by atoms with Crippen LogP contribution in [0.15, 0.2) is 0 Å². The third-order valence-electron chi connectivity index (χ3n) is 3.16. The Bertz CT molecular complexity index is 127. The fraction of sp³-hybridized carbons (Fsp3) is 1.00. The van der Waals surface area contributed by atoms with E-state index in [1.54, 1.807) is 0 Å². The van der Waals surface area contributed by atoms with Crippen molar-refractivity contribution >= 4 is 0 Å². The van der Waals surface area contributed by atoms with Gasteiger partial charge in [0.2, 0.25) is 0 Å². The molecule has 0 amide bonds. The smallest absolute Gasteiger partial charge is 0.0229 e. The fourth-order valence-corrected chi connectivity index (χ4v) is 1.66. The zero-order chi connectivity index (χ0) is 11.8.